The Hall–Kier alpha value is -5.10. The number of hydrogen-bond donors (Lipinski definition) is 1. The standard InChI is InChI=1S/C23H26ClN5O3S.C17H15ClN4S.C3H6O2/c1-14-19(13-32-11-10-31-9-8-25-16(3)30)33-23-21(14)22(17-4-6-18(24)7-5-17)26-12-20-28-27-15(2)29(20)23;1-9-10(2)23-17-15(9)16(12-4-6-13(18)7-5-12)19-8-14-21-20-11(3)22(14)17;1-3(4)5-2/h4-7H,8-13H2,1-3H3,(H,25,30);4-7H,8H2,1-3H3;1-2H3. The van der Waals surface area contributed by atoms with Crippen LogP contribution < -0.4 is 5.32 Å². The zero-order chi connectivity index (χ0) is 43.8. The molecule has 0 saturated carbocycles. The van der Waals surface area contributed by atoms with Gasteiger partial charge in [0.1, 0.15) is 34.7 Å². The molecular formula is C43H47Cl2N9O5S2. The molecule has 18 heteroatoms. The van der Waals surface area contributed by atoms with Crippen LogP contribution >= 0.6 is 45.9 Å². The minimum absolute atomic E-state index is 0.0595. The first-order valence-electron chi connectivity index (χ1n) is 19.4. The van der Waals surface area contributed by atoms with E-state index in [1.165, 1.54) is 37.0 Å². The van der Waals surface area contributed by atoms with E-state index in [-0.39, 0.29) is 11.9 Å². The van der Waals surface area contributed by atoms with E-state index < -0.39 is 0 Å². The number of carbonyl (C=O) groups excluding carboxylic acids is 2. The lowest BCUT2D eigenvalue weighted by molar-refractivity contribution is -0.138. The number of hydrogen-bond acceptors (Lipinski definition) is 13. The first-order valence-corrected chi connectivity index (χ1v) is 21.8. The summed E-state index contributed by atoms with van der Waals surface area (Å²) >= 11 is 15.6. The smallest absolute Gasteiger partial charge is 0.302 e. The number of thiophene rings is 2. The van der Waals surface area contributed by atoms with Gasteiger partial charge in [0.25, 0.3) is 0 Å². The van der Waals surface area contributed by atoms with Gasteiger partial charge in [-0.25, -0.2) is 0 Å². The molecule has 6 heterocycles. The number of rotatable bonds is 10. The van der Waals surface area contributed by atoms with E-state index in [9.17, 15) is 9.59 Å². The largest absolute Gasteiger partial charge is 0.469 e. The Balaban J connectivity index is 0.000000192. The van der Waals surface area contributed by atoms with Crippen LogP contribution in [0.25, 0.3) is 10.0 Å². The van der Waals surface area contributed by atoms with Crippen molar-refractivity contribution >= 4 is 69.2 Å². The summed E-state index contributed by atoms with van der Waals surface area (Å²) in [7, 11) is 1.35. The van der Waals surface area contributed by atoms with Crippen LogP contribution in [0.15, 0.2) is 58.5 Å². The highest BCUT2D eigenvalue weighted by molar-refractivity contribution is 7.15. The fourth-order valence-electron chi connectivity index (χ4n) is 6.54. The van der Waals surface area contributed by atoms with E-state index >= 15 is 0 Å². The highest BCUT2D eigenvalue weighted by atomic mass is 35.5. The number of fused-ring (bicyclic) bond motifs is 6. The van der Waals surface area contributed by atoms with E-state index in [0.717, 1.165) is 76.9 Å². The van der Waals surface area contributed by atoms with Crippen molar-refractivity contribution < 1.29 is 23.8 Å². The van der Waals surface area contributed by atoms with Gasteiger partial charge in [-0.1, -0.05) is 47.5 Å². The van der Waals surface area contributed by atoms with Crippen LogP contribution in [-0.2, 0) is 43.5 Å². The van der Waals surface area contributed by atoms with Crippen LogP contribution in [0.2, 0.25) is 10.0 Å². The fourth-order valence-corrected chi connectivity index (χ4v) is 9.33. The van der Waals surface area contributed by atoms with Crippen LogP contribution in [0.1, 0.15) is 80.3 Å². The average Bonchev–Trinajstić information content (AvgIpc) is 3.90. The lowest BCUT2D eigenvalue weighted by atomic mass is 10.00. The maximum Gasteiger partial charge on any atom is 0.302 e. The number of aryl methyl sites for hydroxylation is 3. The second-order valence-electron chi connectivity index (χ2n) is 14.0. The van der Waals surface area contributed by atoms with Gasteiger partial charge in [-0.2, -0.15) is 0 Å². The van der Waals surface area contributed by atoms with Crippen LogP contribution in [0.4, 0.5) is 0 Å². The van der Waals surface area contributed by atoms with Crippen molar-refractivity contribution in [2.45, 2.75) is 68.2 Å². The summed E-state index contributed by atoms with van der Waals surface area (Å²) in [6.45, 7) is 16.6. The molecule has 0 aliphatic carbocycles. The van der Waals surface area contributed by atoms with Crippen molar-refractivity contribution in [2.75, 3.05) is 33.5 Å². The van der Waals surface area contributed by atoms with E-state index in [0.29, 0.717) is 51.1 Å². The normalized spacial score (nSPS) is 12.4. The molecule has 320 valence electrons. The molecule has 1 amide bonds. The predicted octanol–water partition coefficient (Wildman–Crippen LogP) is 8.06. The third-order valence-corrected chi connectivity index (χ3v) is 12.7. The number of esters is 1. The molecule has 0 saturated heterocycles. The molecule has 2 aliphatic rings. The number of carbonyl (C=O) groups is 2. The van der Waals surface area contributed by atoms with E-state index in [1.807, 2.05) is 62.4 Å². The van der Waals surface area contributed by atoms with Crippen LogP contribution in [0.3, 0.4) is 0 Å². The van der Waals surface area contributed by atoms with Gasteiger partial charge in [-0.3, -0.25) is 28.7 Å². The van der Waals surface area contributed by atoms with Gasteiger partial charge >= 0.3 is 5.97 Å². The molecule has 4 aromatic heterocycles. The molecular weight excluding hydrogens is 858 g/mol. The first-order chi connectivity index (χ1) is 29.3. The van der Waals surface area contributed by atoms with Gasteiger partial charge < -0.3 is 19.5 Å². The predicted molar refractivity (Wildman–Crippen MR) is 241 cm³/mol. The molecule has 2 aliphatic heterocycles. The summed E-state index contributed by atoms with van der Waals surface area (Å²) in [6.07, 6.45) is 0. The monoisotopic (exact) mass is 903 g/mol. The Kier molecular flexibility index (Phi) is 15.4. The molecule has 0 spiro atoms. The van der Waals surface area contributed by atoms with Crippen molar-refractivity contribution in [3.05, 3.63) is 125 Å². The minimum Gasteiger partial charge on any atom is -0.469 e. The Morgan fingerprint density at radius 2 is 1.16 bits per heavy atom. The molecule has 0 fully saturated rings. The zero-order valence-electron chi connectivity index (χ0n) is 35.3. The first kappa shape index (κ1) is 45.4. The molecule has 2 aromatic carbocycles. The Morgan fingerprint density at radius 1 is 0.689 bits per heavy atom. The molecule has 6 aromatic rings. The van der Waals surface area contributed by atoms with Crippen LogP contribution in [0.5, 0.6) is 0 Å². The molecule has 0 atom stereocenters. The van der Waals surface area contributed by atoms with E-state index in [4.69, 9.17) is 42.7 Å². The third kappa shape index (κ3) is 10.7. The summed E-state index contributed by atoms with van der Waals surface area (Å²) in [5, 5.41) is 23.4. The summed E-state index contributed by atoms with van der Waals surface area (Å²) in [6, 6.07) is 15.6. The van der Waals surface area contributed by atoms with Gasteiger partial charge in [-0.15, -0.1) is 43.1 Å². The Bertz CT molecular complexity index is 2570. The molecule has 0 bridgehead atoms. The number of amides is 1. The molecule has 0 radical (unpaired) electrons. The molecule has 61 heavy (non-hydrogen) atoms. The molecule has 0 unspecified atom stereocenters. The number of nitrogens with zero attached hydrogens (tertiary/aromatic N) is 8. The molecule has 1 N–H and O–H groups in total. The summed E-state index contributed by atoms with van der Waals surface area (Å²) < 4.78 is 19.7. The number of nitrogens with one attached hydrogen (secondary N) is 1. The van der Waals surface area contributed by atoms with Crippen LogP contribution in [0, 0.1) is 34.6 Å². The Labute approximate surface area is 372 Å². The van der Waals surface area contributed by atoms with E-state index in [2.05, 4.69) is 60.4 Å². The SMILES string of the molecule is CC(=O)NCCOCCOCc1sc2c(c1C)C(c1ccc(Cl)cc1)=NCc1nnc(C)n1-2.COC(C)=O.Cc1sc2c(c1C)C(c1ccc(Cl)cc1)=NCc1nnc(C)n1-2. The number of halogens is 2. The average molecular weight is 905 g/mol. The second-order valence-corrected chi connectivity index (χ2v) is 17.1. The van der Waals surface area contributed by atoms with Gasteiger partial charge in [0, 0.05) is 62.4 Å². The number of methoxy groups -OCH3 is 1. The van der Waals surface area contributed by atoms with Crippen molar-refractivity contribution in [3.8, 4) is 10.0 Å². The molecule has 8 rings (SSSR count). The van der Waals surface area contributed by atoms with Crippen molar-refractivity contribution in [1.29, 1.82) is 0 Å². The topological polar surface area (TPSA) is 160 Å². The van der Waals surface area contributed by atoms with E-state index in [1.54, 1.807) is 22.7 Å². The van der Waals surface area contributed by atoms with Crippen molar-refractivity contribution in [2.24, 2.45) is 9.98 Å². The van der Waals surface area contributed by atoms with Crippen LogP contribution in [-0.4, -0.2) is 86.3 Å². The highest BCUT2D eigenvalue weighted by Gasteiger charge is 2.28. The summed E-state index contributed by atoms with van der Waals surface area (Å²) in [4.78, 5) is 32.6. The number of aliphatic imine (C=N–C) groups is 2. The van der Waals surface area contributed by atoms with Gasteiger partial charge in [0.15, 0.2) is 11.6 Å². The number of benzene rings is 2. The summed E-state index contributed by atoms with van der Waals surface area (Å²) in [5.41, 5.74) is 8.67. The quantitative estimate of drug-likeness (QED) is 0.106. The lowest BCUT2D eigenvalue weighted by Gasteiger charge is -2.09. The van der Waals surface area contributed by atoms with Gasteiger partial charge in [0.2, 0.25) is 5.91 Å². The number of ether oxygens (including phenoxy) is 3. The third-order valence-electron chi connectivity index (χ3n) is 9.76. The fraction of sp³-hybridized carbons (Fsp3) is 0.349. The Morgan fingerprint density at radius 3 is 1.66 bits per heavy atom. The second kappa shape index (κ2) is 20.6. The van der Waals surface area contributed by atoms with Crippen molar-refractivity contribution in [3.63, 3.8) is 0 Å². The van der Waals surface area contributed by atoms with Crippen molar-refractivity contribution in [1.82, 2.24) is 34.8 Å². The maximum absolute atomic E-state index is 10.9. The maximum atomic E-state index is 10.9. The lowest BCUT2D eigenvalue weighted by Crippen LogP contribution is -2.24. The zero-order valence-corrected chi connectivity index (χ0v) is 38.4. The summed E-state index contributed by atoms with van der Waals surface area (Å²) in [5.74, 6) is 3.13. The van der Waals surface area contributed by atoms with Gasteiger partial charge in [0.05, 0.1) is 45.0 Å². The van der Waals surface area contributed by atoms with Gasteiger partial charge in [-0.05, 0) is 70.0 Å². The molecule has 14 nitrogen and oxygen atoms in total. The number of aromatic nitrogens is 6. The minimum atomic E-state index is -0.245. The highest BCUT2D eigenvalue weighted by Crippen LogP contribution is 2.38.